The van der Waals surface area contributed by atoms with Gasteiger partial charge >= 0.3 is 0 Å². The first-order valence-electron chi connectivity index (χ1n) is 21.9. The second-order valence-corrected chi connectivity index (χ2v) is 18.7. The van der Waals surface area contributed by atoms with Crippen molar-refractivity contribution in [2.75, 3.05) is 0 Å². The van der Waals surface area contributed by atoms with E-state index < -0.39 is 0 Å². The lowest BCUT2D eigenvalue weighted by atomic mass is 9.79. The molecule has 0 fully saturated rings. The van der Waals surface area contributed by atoms with Gasteiger partial charge in [-0.2, -0.15) is 0 Å². The summed E-state index contributed by atoms with van der Waals surface area (Å²) in [6.07, 6.45) is 5.65. The average Bonchev–Trinajstić information content (AvgIpc) is 3.87. The Morgan fingerprint density at radius 2 is 0.967 bits per heavy atom. The van der Waals surface area contributed by atoms with Crippen LogP contribution in [-0.4, -0.2) is 0 Å². The normalized spacial score (nSPS) is 17.2. The molecule has 0 saturated heterocycles. The van der Waals surface area contributed by atoms with Crippen molar-refractivity contribution in [2.45, 2.75) is 50.9 Å². The van der Waals surface area contributed by atoms with Gasteiger partial charge in [-0.25, -0.2) is 0 Å². The number of allylic oxidation sites excluding steroid dienone is 4. The van der Waals surface area contributed by atoms with Crippen LogP contribution in [0.3, 0.4) is 0 Å². The summed E-state index contributed by atoms with van der Waals surface area (Å²) in [7, 11) is 0. The molecular weight excluding hydrogens is 737 g/mol. The molecule has 1 heteroatoms. The number of fused-ring (bicyclic) bond motifs is 13. The van der Waals surface area contributed by atoms with E-state index in [1.165, 1.54) is 116 Å². The molecule has 4 aliphatic rings. The molecule has 0 amide bonds. The van der Waals surface area contributed by atoms with Crippen LogP contribution in [0.2, 0.25) is 0 Å². The van der Waals surface area contributed by atoms with Gasteiger partial charge < -0.3 is 4.74 Å². The fraction of sp³-hybridized carbons (Fsp3) is 0.133. The summed E-state index contributed by atoms with van der Waals surface area (Å²) in [5.41, 5.74) is 19.6. The van der Waals surface area contributed by atoms with E-state index in [1.54, 1.807) is 0 Å². The highest BCUT2D eigenvalue weighted by Gasteiger charge is 2.38. The van der Waals surface area contributed by atoms with Gasteiger partial charge in [0.15, 0.2) is 0 Å². The molecule has 1 atom stereocenters. The van der Waals surface area contributed by atoms with Crippen molar-refractivity contribution in [3.05, 3.63) is 215 Å². The summed E-state index contributed by atoms with van der Waals surface area (Å²) in [4.78, 5) is 0. The summed E-state index contributed by atoms with van der Waals surface area (Å²) in [6, 6.07) is 61.8. The summed E-state index contributed by atoms with van der Waals surface area (Å²) in [5, 5.41) is 7.65. The number of hydrogen-bond donors (Lipinski definition) is 0. The third-order valence-electron chi connectivity index (χ3n) is 14.8. The monoisotopic (exact) mass is 780 g/mol. The molecule has 0 saturated carbocycles. The van der Waals surface area contributed by atoms with Crippen molar-refractivity contribution in [3.8, 4) is 50.3 Å². The van der Waals surface area contributed by atoms with E-state index in [-0.39, 0.29) is 16.7 Å². The van der Waals surface area contributed by atoms with E-state index >= 15 is 0 Å². The molecule has 0 radical (unpaired) electrons. The topological polar surface area (TPSA) is 9.23 Å². The first-order chi connectivity index (χ1) is 29.8. The maximum absolute atomic E-state index is 6.67. The Bertz CT molecular complexity index is 3480. The molecule has 0 N–H and O–H groups in total. The highest BCUT2D eigenvalue weighted by Crippen LogP contribution is 2.54. The smallest absolute Gasteiger partial charge is 0.131 e. The zero-order valence-electron chi connectivity index (χ0n) is 34.9. The Labute approximate surface area is 357 Å². The fourth-order valence-electron chi connectivity index (χ4n) is 11.8. The van der Waals surface area contributed by atoms with Gasteiger partial charge in [0.1, 0.15) is 11.5 Å². The molecule has 9 aromatic rings. The van der Waals surface area contributed by atoms with Crippen LogP contribution in [-0.2, 0) is 10.8 Å². The molecular formula is C60H44O. The van der Waals surface area contributed by atoms with Gasteiger partial charge in [-0.1, -0.05) is 173 Å². The maximum Gasteiger partial charge on any atom is 0.131 e. The number of ether oxygens (including phenoxy) is 1. The predicted octanol–water partition coefficient (Wildman–Crippen LogP) is 15.9. The van der Waals surface area contributed by atoms with Gasteiger partial charge in [0, 0.05) is 22.3 Å². The van der Waals surface area contributed by atoms with Crippen LogP contribution >= 0.6 is 0 Å². The molecule has 1 heterocycles. The van der Waals surface area contributed by atoms with E-state index in [1.807, 2.05) is 0 Å². The molecule has 9 aromatic carbocycles. The SMILES string of the molecule is CC1(C)c2ccccc2-c2ccc(-c3c4ccccc4c(-c4ccc5c(c4)C(C)(C)c4ccccc4-5)c4cc(C5=CCC6C(=C5)Oc5ccc7ccccc7c56)ccc34)cc21. The Kier molecular flexibility index (Phi) is 7.03. The Morgan fingerprint density at radius 3 is 1.62 bits per heavy atom. The fourth-order valence-corrected chi connectivity index (χ4v) is 11.8. The largest absolute Gasteiger partial charge is 0.461 e. The summed E-state index contributed by atoms with van der Waals surface area (Å²) in [6.45, 7) is 9.53. The zero-order valence-corrected chi connectivity index (χ0v) is 34.9. The molecule has 13 rings (SSSR count). The van der Waals surface area contributed by atoms with E-state index in [0.29, 0.717) is 0 Å². The van der Waals surface area contributed by atoms with Crippen LogP contribution in [0.15, 0.2) is 182 Å². The lowest BCUT2D eigenvalue weighted by molar-refractivity contribution is 0.426. The van der Waals surface area contributed by atoms with Gasteiger partial charge in [0.2, 0.25) is 0 Å². The van der Waals surface area contributed by atoms with E-state index in [0.717, 1.165) is 17.9 Å². The number of rotatable bonds is 3. The van der Waals surface area contributed by atoms with E-state index in [2.05, 4.69) is 204 Å². The van der Waals surface area contributed by atoms with Crippen LogP contribution in [0.25, 0.3) is 82.4 Å². The molecule has 0 spiro atoms. The summed E-state index contributed by atoms with van der Waals surface area (Å²) < 4.78 is 6.67. The van der Waals surface area contributed by atoms with Crippen LogP contribution in [0.5, 0.6) is 5.75 Å². The number of benzene rings is 9. The Balaban J connectivity index is 1.03. The molecule has 290 valence electrons. The minimum absolute atomic E-state index is 0.0947. The second kappa shape index (κ2) is 12.3. The van der Waals surface area contributed by atoms with Gasteiger partial charge in [-0.05, 0) is 147 Å². The molecule has 1 nitrogen and oxygen atoms in total. The van der Waals surface area contributed by atoms with E-state index in [4.69, 9.17) is 4.74 Å². The molecule has 3 aliphatic carbocycles. The number of hydrogen-bond acceptors (Lipinski definition) is 1. The zero-order chi connectivity index (χ0) is 40.8. The minimum atomic E-state index is -0.104. The van der Waals surface area contributed by atoms with Crippen LogP contribution < -0.4 is 4.74 Å². The quantitative estimate of drug-likeness (QED) is 0.162. The van der Waals surface area contributed by atoms with Crippen molar-refractivity contribution in [3.63, 3.8) is 0 Å². The maximum atomic E-state index is 6.67. The second-order valence-electron chi connectivity index (χ2n) is 18.7. The van der Waals surface area contributed by atoms with Crippen molar-refractivity contribution in [2.24, 2.45) is 0 Å². The predicted molar refractivity (Wildman–Crippen MR) is 255 cm³/mol. The molecule has 0 aromatic heterocycles. The van der Waals surface area contributed by atoms with Crippen molar-refractivity contribution < 1.29 is 4.74 Å². The van der Waals surface area contributed by atoms with Crippen molar-refractivity contribution in [1.29, 1.82) is 0 Å². The van der Waals surface area contributed by atoms with Crippen LogP contribution in [0, 0.1) is 0 Å². The molecule has 61 heavy (non-hydrogen) atoms. The average molecular weight is 781 g/mol. The molecule has 1 unspecified atom stereocenters. The molecule has 1 aliphatic heterocycles. The van der Waals surface area contributed by atoms with Gasteiger partial charge in [-0.3, -0.25) is 0 Å². The highest BCUT2D eigenvalue weighted by molar-refractivity contribution is 6.22. The third kappa shape index (κ3) is 4.78. The van der Waals surface area contributed by atoms with Crippen LogP contribution in [0.4, 0.5) is 0 Å². The summed E-state index contributed by atoms with van der Waals surface area (Å²) >= 11 is 0. The Hall–Kier alpha value is -6.96. The van der Waals surface area contributed by atoms with Gasteiger partial charge in [-0.15, -0.1) is 0 Å². The first-order valence-corrected chi connectivity index (χ1v) is 21.9. The van der Waals surface area contributed by atoms with Crippen molar-refractivity contribution in [1.82, 2.24) is 0 Å². The minimum Gasteiger partial charge on any atom is -0.461 e. The highest BCUT2D eigenvalue weighted by atomic mass is 16.5. The van der Waals surface area contributed by atoms with Gasteiger partial charge in [0.05, 0.1) is 0 Å². The molecule has 0 bridgehead atoms. The van der Waals surface area contributed by atoms with E-state index in [9.17, 15) is 0 Å². The van der Waals surface area contributed by atoms with Crippen molar-refractivity contribution >= 4 is 37.9 Å². The first kappa shape index (κ1) is 34.9. The Morgan fingerprint density at radius 1 is 0.443 bits per heavy atom. The van der Waals surface area contributed by atoms with Crippen LogP contribution in [0.1, 0.15) is 73.4 Å². The lowest BCUT2D eigenvalue weighted by Gasteiger charge is -2.24. The summed E-state index contributed by atoms with van der Waals surface area (Å²) in [5.74, 6) is 2.26. The third-order valence-corrected chi connectivity index (χ3v) is 14.8. The lowest BCUT2D eigenvalue weighted by Crippen LogP contribution is -2.15. The van der Waals surface area contributed by atoms with Gasteiger partial charge in [0.25, 0.3) is 0 Å². The standard InChI is InChI=1S/C60H44O/c1-59(2)50-19-11-9-15-41(50)43-26-23-38(32-52(43)59)56-45-17-7-8-18-46(45)57(39-24-27-44-42-16-10-12-20-51(42)60(3,4)53(44)33-39)49-31-36(21-28-47(49)56)37-22-29-48-55(34-37)61-54-30-25-35-13-5-6-14-40(35)58(48)54/h5-28,30-34,48H,29H2,1-4H3.